The minimum Gasteiger partial charge on any atom is -0.368 e. The molecule has 1 aliphatic heterocycles. The lowest BCUT2D eigenvalue weighted by Gasteiger charge is -2.61. The number of allylic oxidation sites excluding steroid dienone is 1. The molecule has 1 saturated heterocycles. The van der Waals surface area contributed by atoms with Crippen LogP contribution in [0.25, 0.3) is 0 Å². The standard InChI is InChI=1S/C18H30O/c1-13-7-8-15-17(4)11-6-10-16(2,3)14(17)9-12-18(15,5)19-13/h9,12-15H,6-8,10-11H2,1-5H3/t13-,14+,15?,17+,18-/m1/s1. The Morgan fingerprint density at radius 1 is 1.05 bits per heavy atom. The Hall–Kier alpha value is -0.300. The first kappa shape index (κ1) is 13.7. The van der Waals surface area contributed by atoms with Crippen molar-refractivity contribution >= 4 is 0 Å². The molecule has 0 bridgehead atoms. The first-order valence-electron chi connectivity index (χ1n) is 8.15. The summed E-state index contributed by atoms with van der Waals surface area (Å²) < 4.78 is 6.37. The molecule has 19 heavy (non-hydrogen) atoms. The van der Waals surface area contributed by atoms with Gasteiger partial charge in [-0.3, -0.25) is 0 Å². The molecule has 1 saturated carbocycles. The summed E-state index contributed by atoms with van der Waals surface area (Å²) >= 11 is 0. The molecular formula is C18H30O. The molecule has 0 amide bonds. The zero-order valence-corrected chi connectivity index (χ0v) is 13.3. The van der Waals surface area contributed by atoms with Gasteiger partial charge in [-0.15, -0.1) is 0 Å². The predicted octanol–water partition coefficient (Wildman–Crippen LogP) is 4.96. The van der Waals surface area contributed by atoms with Gasteiger partial charge in [0.1, 0.15) is 0 Å². The molecule has 108 valence electrons. The molecule has 1 heteroatoms. The van der Waals surface area contributed by atoms with Crippen LogP contribution in [0.2, 0.25) is 0 Å². The number of rotatable bonds is 0. The normalized spacial score (nSPS) is 52.4. The fraction of sp³-hybridized carbons (Fsp3) is 0.889. The predicted molar refractivity (Wildman–Crippen MR) is 80.0 cm³/mol. The average molecular weight is 262 g/mol. The summed E-state index contributed by atoms with van der Waals surface area (Å²) in [5.41, 5.74) is 0.871. The van der Waals surface area contributed by atoms with Crippen LogP contribution in [0.1, 0.15) is 66.7 Å². The molecule has 0 N–H and O–H groups in total. The smallest absolute Gasteiger partial charge is 0.0871 e. The van der Waals surface area contributed by atoms with Crippen molar-refractivity contribution in [1.82, 2.24) is 0 Å². The molecule has 2 aliphatic carbocycles. The summed E-state index contributed by atoms with van der Waals surface area (Å²) in [4.78, 5) is 0. The molecule has 0 aromatic carbocycles. The first-order chi connectivity index (χ1) is 8.78. The van der Waals surface area contributed by atoms with E-state index in [4.69, 9.17) is 4.74 Å². The third-order valence-corrected chi connectivity index (χ3v) is 6.51. The van der Waals surface area contributed by atoms with Gasteiger partial charge in [0.05, 0.1) is 11.7 Å². The van der Waals surface area contributed by atoms with Crippen LogP contribution < -0.4 is 0 Å². The van der Waals surface area contributed by atoms with Crippen LogP contribution in [-0.2, 0) is 4.74 Å². The van der Waals surface area contributed by atoms with Gasteiger partial charge in [0.2, 0.25) is 0 Å². The Morgan fingerprint density at radius 2 is 1.79 bits per heavy atom. The SMILES string of the molecule is C[C@@H]1CCC2[C@@](C)(C=C[C@H]3C(C)(C)CCC[C@]23C)O1. The monoisotopic (exact) mass is 262 g/mol. The van der Waals surface area contributed by atoms with E-state index < -0.39 is 0 Å². The average Bonchev–Trinajstić information content (AvgIpc) is 2.25. The van der Waals surface area contributed by atoms with E-state index in [9.17, 15) is 0 Å². The van der Waals surface area contributed by atoms with Gasteiger partial charge in [-0.1, -0.05) is 39.3 Å². The number of fused-ring (bicyclic) bond motifs is 3. The van der Waals surface area contributed by atoms with Gasteiger partial charge < -0.3 is 4.74 Å². The van der Waals surface area contributed by atoms with E-state index in [1.807, 2.05) is 0 Å². The van der Waals surface area contributed by atoms with E-state index in [2.05, 4.69) is 46.8 Å². The van der Waals surface area contributed by atoms with Crippen molar-refractivity contribution in [2.75, 3.05) is 0 Å². The topological polar surface area (TPSA) is 9.23 Å². The van der Waals surface area contributed by atoms with Crippen LogP contribution in [0.4, 0.5) is 0 Å². The molecule has 3 aliphatic rings. The summed E-state index contributed by atoms with van der Waals surface area (Å²) in [5.74, 6) is 1.43. The minimum absolute atomic E-state index is 0.0175. The van der Waals surface area contributed by atoms with Crippen molar-refractivity contribution in [3.8, 4) is 0 Å². The lowest BCUT2D eigenvalue weighted by molar-refractivity contribution is -0.181. The second-order valence-electron chi connectivity index (χ2n) is 8.43. The van der Waals surface area contributed by atoms with E-state index in [1.165, 1.54) is 32.1 Å². The van der Waals surface area contributed by atoms with Crippen molar-refractivity contribution in [2.45, 2.75) is 78.4 Å². The van der Waals surface area contributed by atoms with Gasteiger partial charge in [0.25, 0.3) is 0 Å². The fourth-order valence-electron chi connectivity index (χ4n) is 5.69. The maximum atomic E-state index is 6.37. The van der Waals surface area contributed by atoms with Gasteiger partial charge in [-0.2, -0.15) is 0 Å². The molecule has 3 rings (SSSR count). The Kier molecular flexibility index (Phi) is 2.95. The Balaban J connectivity index is 2.02. The molecule has 0 radical (unpaired) electrons. The van der Waals surface area contributed by atoms with Gasteiger partial charge in [-0.05, 0) is 62.2 Å². The lowest BCUT2D eigenvalue weighted by atomic mass is 9.47. The van der Waals surface area contributed by atoms with Crippen molar-refractivity contribution in [1.29, 1.82) is 0 Å². The van der Waals surface area contributed by atoms with E-state index in [-0.39, 0.29) is 5.60 Å². The van der Waals surface area contributed by atoms with Gasteiger partial charge in [0.15, 0.2) is 0 Å². The highest BCUT2D eigenvalue weighted by Gasteiger charge is 2.57. The van der Waals surface area contributed by atoms with Gasteiger partial charge in [-0.25, -0.2) is 0 Å². The maximum Gasteiger partial charge on any atom is 0.0871 e. The van der Waals surface area contributed by atoms with Crippen LogP contribution in [-0.4, -0.2) is 11.7 Å². The lowest BCUT2D eigenvalue weighted by Crippen LogP contribution is -2.58. The van der Waals surface area contributed by atoms with E-state index in [0.29, 0.717) is 22.9 Å². The number of hydrogen-bond acceptors (Lipinski definition) is 1. The zero-order valence-electron chi connectivity index (χ0n) is 13.3. The molecule has 2 fully saturated rings. The van der Waals surface area contributed by atoms with E-state index >= 15 is 0 Å². The first-order valence-corrected chi connectivity index (χ1v) is 8.15. The fourth-order valence-corrected chi connectivity index (χ4v) is 5.69. The molecule has 1 heterocycles. The molecule has 0 aromatic heterocycles. The van der Waals surface area contributed by atoms with E-state index in [1.54, 1.807) is 0 Å². The highest BCUT2D eigenvalue weighted by atomic mass is 16.5. The van der Waals surface area contributed by atoms with Crippen LogP contribution in [0.3, 0.4) is 0 Å². The summed E-state index contributed by atoms with van der Waals surface area (Å²) in [6.45, 7) is 12.0. The largest absolute Gasteiger partial charge is 0.368 e. The summed E-state index contributed by atoms with van der Waals surface area (Å²) in [6, 6.07) is 0. The molecular weight excluding hydrogens is 232 g/mol. The number of hydrogen-bond donors (Lipinski definition) is 0. The summed E-state index contributed by atoms with van der Waals surface area (Å²) in [6.07, 6.45) is 12.0. The molecule has 0 spiro atoms. The molecule has 1 nitrogen and oxygen atoms in total. The van der Waals surface area contributed by atoms with Crippen molar-refractivity contribution < 1.29 is 4.74 Å². The van der Waals surface area contributed by atoms with Gasteiger partial charge in [0, 0.05) is 0 Å². The minimum atomic E-state index is -0.0175. The number of ether oxygens (including phenoxy) is 1. The Bertz CT molecular complexity index is 396. The van der Waals surface area contributed by atoms with Crippen LogP contribution >= 0.6 is 0 Å². The van der Waals surface area contributed by atoms with Crippen molar-refractivity contribution in [2.24, 2.45) is 22.7 Å². The zero-order chi connectivity index (χ0) is 13.9. The second kappa shape index (κ2) is 4.10. The van der Waals surface area contributed by atoms with Crippen molar-refractivity contribution in [3.05, 3.63) is 12.2 Å². The quantitative estimate of drug-likeness (QED) is 0.560. The van der Waals surface area contributed by atoms with E-state index in [0.717, 1.165) is 5.92 Å². The molecule has 0 aromatic rings. The highest BCUT2D eigenvalue weighted by Crippen LogP contribution is 2.62. The second-order valence-corrected chi connectivity index (χ2v) is 8.43. The Labute approximate surface area is 118 Å². The van der Waals surface area contributed by atoms with Crippen LogP contribution in [0, 0.1) is 22.7 Å². The molecule has 5 atom stereocenters. The third kappa shape index (κ3) is 1.92. The van der Waals surface area contributed by atoms with Crippen LogP contribution in [0.15, 0.2) is 12.2 Å². The highest BCUT2D eigenvalue weighted by molar-refractivity contribution is 5.21. The van der Waals surface area contributed by atoms with Crippen molar-refractivity contribution in [3.63, 3.8) is 0 Å². The third-order valence-electron chi connectivity index (χ3n) is 6.51. The summed E-state index contributed by atoms with van der Waals surface area (Å²) in [5, 5.41) is 0. The molecule has 1 unspecified atom stereocenters. The maximum absolute atomic E-state index is 6.37. The Morgan fingerprint density at radius 3 is 2.53 bits per heavy atom. The summed E-state index contributed by atoms with van der Waals surface area (Å²) in [7, 11) is 0. The van der Waals surface area contributed by atoms with Gasteiger partial charge >= 0.3 is 0 Å². The van der Waals surface area contributed by atoms with Crippen LogP contribution in [0.5, 0.6) is 0 Å².